The van der Waals surface area contributed by atoms with Crippen molar-refractivity contribution in [3.8, 4) is 0 Å². The summed E-state index contributed by atoms with van der Waals surface area (Å²) in [6.07, 6.45) is 0.976. The van der Waals surface area contributed by atoms with E-state index >= 15 is 0 Å². The van der Waals surface area contributed by atoms with Gasteiger partial charge in [-0.2, -0.15) is 0 Å². The molecule has 1 aliphatic rings. The highest BCUT2D eigenvalue weighted by Gasteiger charge is 2.38. The first-order chi connectivity index (χ1) is 8.92. The molecule has 1 heterocycles. The fourth-order valence-electron chi connectivity index (χ4n) is 2.19. The van der Waals surface area contributed by atoms with Crippen LogP contribution in [0.2, 0.25) is 5.02 Å². The van der Waals surface area contributed by atoms with Crippen LogP contribution in [0.25, 0.3) is 0 Å². The molecule has 0 saturated carbocycles. The van der Waals surface area contributed by atoms with Crippen LogP contribution in [-0.4, -0.2) is 35.0 Å². The van der Waals surface area contributed by atoms with Crippen LogP contribution in [0.5, 0.6) is 0 Å². The Hall–Kier alpha value is -1.55. The molecule has 0 bridgehead atoms. The van der Waals surface area contributed by atoms with Gasteiger partial charge in [-0.1, -0.05) is 11.6 Å². The molecule has 0 atom stereocenters. The number of carbonyl (C=O) groups excluding carboxylic acids is 1. The normalized spacial score (nSPS) is 18.1. The van der Waals surface area contributed by atoms with Gasteiger partial charge in [0.2, 0.25) is 0 Å². The number of carboxylic acids is 1. The summed E-state index contributed by atoms with van der Waals surface area (Å²) in [5.41, 5.74) is -0.125. The first-order valence-corrected chi connectivity index (χ1v) is 6.58. The summed E-state index contributed by atoms with van der Waals surface area (Å²) in [6.45, 7) is 2.69. The Morgan fingerprint density at radius 2 is 1.74 bits per heavy atom. The summed E-state index contributed by atoms with van der Waals surface area (Å²) < 4.78 is 0. The van der Waals surface area contributed by atoms with Gasteiger partial charge in [0, 0.05) is 23.7 Å². The molecule has 1 fully saturated rings. The maximum absolute atomic E-state index is 12.2. The van der Waals surface area contributed by atoms with Crippen molar-refractivity contribution in [2.75, 3.05) is 13.1 Å². The highest BCUT2D eigenvalue weighted by atomic mass is 35.5. The highest BCUT2D eigenvalue weighted by Crippen LogP contribution is 2.31. The molecule has 0 aromatic heterocycles. The van der Waals surface area contributed by atoms with Crippen LogP contribution in [-0.2, 0) is 4.79 Å². The lowest BCUT2D eigenvalue weighted by Gasteiger charge is -2.36. The summed E-state index contributed by atoms with van der Waals surface area (Å²) in [7, 11) is 0. The minimum Gasteiger partial charge on any atom is -0.481 e. The molecule has 0 spiro atoms. The molecule has 1 aromatic carbocycles. The SMILES string of the molecule is CC1(C(=O)O)CCN(C(=O)c2ccc(Cl)cc2)CC1. The average Bonchev–Trinajstić information content (AvgIpc) is 2.39. The molecule has 1 aliphatic heterocycles. The minimum absolute atomic E-state index is 0.0656. The van der Waals surface area contributed by atoms with E-state index in [9.17, 15) is 9.59 Å². The largest absolute Gasteiger partial charge is 0.481 e. The average molecular weight is 282 g/mol. The van der Waals surface area contributed by atoms with Crippen molar-refractivity contribution in [1.29, 1.82) is 0 Å². The third kappa shape index (κ3) is 2.89. The van der Waals surface area contributed by atoms with E-state index in [0.717, 1.165) is 0 Å². The Morgan fingerprint density at radius 1 is 1.21 bits per heavy atom. The molecular weight excluding hydrogens is 266 g/mol. The van der Waals surface area contributed by atoms with Crippen molar-refractivity contribution < 1.29 is 14.7 Å². The second-order valence-corrected chi connectivity index (χ2v) is 5.60. The number of carboxylic acid groups (broad SMARTS) is 1. The fraction of sp³-hybridized carbons (Fsp3) is 0.429. The quantitative estimate of drug-likeness (QED) is 0.907. The van der Waals surface area contributed by atoms with Crippen molar-refractivity contribution in [2.24, 2.45) is 5.41 Å². The van der Waals surface area contributed by atoms with Gasteiger partial charge in [-0.25, -0.2) is 0 Å². The Bertz CT molecular complexity index is 490. The van der Waals surface area contributed by atoms with E-state index in [1.54, 1.807) is 36.1 Å². The van der Waals surface area contributed by atoms with Crippen LogP contribution in [0.3, 0.4) is 0 Å². The molecule has 0 unspecified atom stereocenters. The Morgan fingerprint density at radius 3 is 2.21 bits per heavy atom. The van der Waals surface area contributed by atoms with Crippen molar-refractivity contribution in [3.05, 3.63) is 34.9 Å². The number of nitrogens with zero attached hydrogens (tertiary/aromatic N) is 1. The number of hydrogen-bond acceptors (Lipinski definition) is 2. The van der Waals surface area contributed by atoms with Crippen molar-refractivity contribution in [2.45, 2.75) is 19.8 Å². The fourth-order valence-corrected chi connectivity index (χ4v) is 2.32. The maximum Gasteiger partial charge on any atom is 0.309 e. The van der Waals surface area contributed by atoms with Crippen molar-refractivity contribution in [3.63, 3.8) is 0 Å². The predicted octanol–water partition coefficient (Wildman–Crippen LogP) is 2.67. The van der Waals surface area contributed by atoms with Gasteiger partial charge in [-0.3, -0.25) is 9.59 Å². The minimum atomic E-state index is -0.786. The predicted molar refractivity (Wildman–Crippen MR) is 72.3 cm³/mol. The van der Waals surface area contributed by atoms with Crippen LogP contribution in [0.1, 0.15) is 30.1 Å². The first-order valence-electron chi connectivity index (χ1n) is 6.21. The summed E-state index contributed by atoms with van der Waals surface area (Å²) in [6, 6.07) is 6.74. The number of halogens is 1. The molecule has 1 saturated heterocycles. The topological polar surface area (TPSA) is 57.6 Å². The molecule has 19 heavy (non-hydrogen) atoms. The highest BCUT2D eigenvalue weighted by molar-refractivity contribution is 6.30. The molecule has 1 N–H and O–H groups in total. The first kappa shape index (κ1) is 13.9. The van der Waals surface area contributed by atoms with Gasteiger partial charge in [0.25, 0.3) is 5.91 Å². The molecular formula is C14H16ClNO3. The molecule has 2 rings (SSSR count). The van der Waals surface area contributed by atoms with Crippen LogP contribution >= 0.6 is 11.6 Å². The van der Waals surface area contributed by atoms with E-state index in [0.29, 0.717) is 36.5 Å². The number of likely N-dealkylation sites (tertiary alicyclic amines) is 1. The lowest BCUT2D eigenvalue weighted by atomic mass is 9.80. The van der Waals surface area contributed by atoms with E-state index < -0.39 is 11.4 Å². The van der Waals surface area contributed by atoms with Crippen LogP contribution in [0.4, 0.5) is 0 Å². The van der Waals surface area contributed by atoms with E-state index in [1.807, 2.05) is 0 Å². The van der Waals surface area contributed by atoms with Crippen LogP contribution in [0, 0.1) is 5.41 Å². The smallest absolute Gasteiger partial charge is 0.309 e. The summed E-state index contributed by atoms with van der Waals surface area (Å²) in [4.78, 5) is 25.1. The van der Waals surface area contributed by atoms with Crippen LogP contribution < -0.4 is 0 Å². The Balaban J connectivity index is 2.04. The van der Waals surface area contributed by atoms with Crippen molar-refractivity contribution in [1.82, 2.24) is 4.90 Å². The molecule has 4 nitrogen and oxygen atoms in total. The zero-order valence-corrected chi connectivity index (χ0v) is 11.5. The van der Waals surface area contributed by atoms with Gasteiger partial charge in [0.05, 0.1) is 5.41 Å². The van der Waals surface area contributed by atoms with E-state index in [4.69, 9.17) is 16.7 Å². The van der Waals surface area contributed by atoms with Crippen molar-refractivity contribution >= 4 is 23.5 Å². The second kappa shape index (κ2) is 5.21. The number of amides is 1. The van der Waals surface area contributed by atoms with Gasteiger partial charge in [0.1, 0.15) is 0 Å². The summed E-state index contributed by atoms with van der Waals surface area (Å²) in [5.74, 6) is -0.852. The third-order valence-electron chi connectivity index (χ3n) is 3.76. The van der Waals surface area contributed by atoms with E-state index in [1.165, 1.54) is 0 Å². The summed E-state index contributed by atoms with van der Waals surface area (Å²) in [5, 5.41) is 9.74. The van der Waals surface area contributed by atoms with Crippen LogP contribution in [0.15, 0.2) is 24.3 Å². The van der Waals surface area contributed by atoms with E-state index in [2.05, 4.69) is 0 Å². The van der Waals surface area contributed by atoms with Gasteiger partial charge in [0.15, 0.2) is 0 Å². The zero-order valence-electron chi connectivity index (χ0n) is 10.7. The van der Waals surface area contributed by atoms with Gasteiger partial charge < -0.3 is 10.0 Å². The Kier molecular flexibility index (Phi) is 3.80. The number of rotatable bonds is 2. The van der Waals surface area contributed by atoms with E-state index in [-0.39, 0.29) is 5.91 Å². The number of carbonyl (C=O) groups is 2. The van der Waals surface area contributed by atoms with Gasteiger partial charge >= 0.3 is 5.97 Å². The lowest BCUT2D eigenvalue weighted by molar-refractivity contribution is -0.150. The third-order valence-corrected chi connectivity index (χ3v) is 4.01. The number of hydrogen-bond donors (Lipinski definition) is 1. The monoisotopic (exact) mass is 281 g/mol. The molecule has 0 radical (unpaired) electrons. The lowest BCUT2D eigenvalue weighted by Crippen LogP contribution is -2.45. The molecule has 5 heteroatoms. The molecule has 1 amide bonds. The van der Waals surface area contributed by atoms with Gasteiger partial charge in [-0.05, 0) is 44.0 Å². The Labute approximate surface area is 117 Å². The van der Waals surface area contributed by atoms with Gasteiger partial charge in [-0.15, -0.1) is 0 Å². The molecule has 0 aliphatic carbocycles. The molecule has 102 valence electrons. The zero-order chi connectivity index (χ0) is 14.0. The summed E-state index contributed by atoms with van der Waals surface area (Å²) >= 11 is 5.78. The molecule has 1 aromatic rings. The maximum atomic E-state index is 12.2. The number of piperidine rings is 1. The number of aliphatic carboxylic acids is 1. The number of benzene rings is 1. The standard InChI is InChI=1S/C14H16ClNO3/c1-14(13(18)19)6-8-16(9-7-14)12(17)10-2-4-11(15)5-3-10/h2-5H,6-9H2,1H3,(H,18,19). The second-order valence-electron chi connectivity index (χ2n) is 5.16.